The highest BCUT2D eigenvalue weighted by atomic mass is 35.5. The standard InChI is InChI=1S/C16H17Cl2NO2/c1-11-5-6-15(18)16(7-11)19-9-13(20)10-21-14-4-2-3-12(17)8-14/h2-8,13,19-20H,9-10H2,1H3. The summed E-state index contributed by atoms with van der Waals surface area (Å²) in [5.74, 6) is 0.634. The van der Waals surface area contributed by atoms with Crippen LogP contribution in [0.25, 0.3) is 0 Å². The van der Waals surface area contributed by atoms with E-state index >= 15 is 0 Å². The summed E-state index contributed by atoms with van der Waals surface area (Å²) in [6.45, 7) is 2.51. The first-order valence-corrected chi connectivity index (χ1v) is 7.36. The van der Waals surface area contributed by atoms with Crippen LogP contribution in [0.4, 0.5) is 5.69 Å². The molecule has 1 unspecified atom stereocenters. The molecule has 3 nitrogen and oxygen atoms in total. The van der Waals surface area contributed by atoms with Gasteiger partial charge in [0.2, 0.25) is 0 Å². The molecule has 2 rings (SSSR count). The third-order valence-corrected chi connectivity index (χ3v) is 3.45. The van der Waals surface area contributed by atoms with E-state index in [0.717, 1.165) is 11.3 Å². The number of nitrogens with one attached hydrogen (secondary N) is 1. The van der Waals surface area contributed by atoms with Gasteiger partial charge in [-0.05, 0) is 42.8 Å². The quantitative estimate of drug-likeness (QED) is 0.838. The van der Waals surface area contributed by atoms with Gasteiger partial charge in [-0.15, -0.1) is 0 Å². The van der Waals surface area contributed by atoms with Gasteiger partial charge in [-0.25, -0.2) is 0 Å². The zero-order valence-electron chi connectivity index (χ0n) is 11.6. The second-order valence-corrected chi connectivity index (χ2v) is 5.63. The summed E-state index contributed by atoms with van der Waals surface area (Å²) in [6.07, 6.45) is -0.652. The van der Waals surface area contributed by atoms with Crippen LogP contribution >= 0.6 is 23.2 Å². The van der Waals surface area contributed by atoms with Gasteiger partial charge < -0.3 is 15.2 Å². The minimum absolute atomic E-state index is 0.177. The van der Waals surface area contributed by atoms with E-state index in [9.17, 15) is 5.11 Å². The Bertz CT molecular complexity index is 605. The van der Waals surface area contributed by atoms with Crippen molar-refractivity contribution in [2.45, 2.75) is 13.0 Å². The van der Waals surface area contributed by atoms with Crippen LogP contribution in [0.5, 0.6) is 5.75 Å². The predicted molar refractivity (Wildman–Crippen MR) is 87.6 cm³/mol. The highest BCUT2D eigenvalue weighted by molar-refractivity contribution is 6.33. The zero-order valence-corrected chi connectivity index (χ0v) is 13.2. The number of anilines is 1. The van der Waals surface area contributed by atoms with E-state index in [4.69, 9.17) is 27.9 Å². The van der Waals surface area contributed by atoms with E-state index < -0.39 is 6.10 Å². The Hall–Kier alpha value is -1.42. The summed E-state index contributed by atoms with van der Waals surface area (Å²) in [6, 6.07) is 12.8. The Kier molecular flexibility index (Phi) is 5.74. The van der Waals surface area contributed by atoms with E-state index in [2.05, 4.69) is 5.32 Å². The van der Waals surface area contributed by atoms with Crippen molar-refractivity contribution in [3.05, 3.63) is 58.1 Å². The van der Waals surface area contributed by atoms with Crippen molar-refractivity contribution >= 4 is 28.9 Å². The van der Waals surface area contributed by atoms with Gasteiger partial charge in [0.05, 0.1) is 10.7 Å². The third-order valence-electron chi connectivity index (χ3n) is 2.89. The van der Waals surface area contributed by atoms with E-state index in [1.165, 1.54) is 0 Å². The van der Waals surface area contributed by atoms with E-state index in [1.54, 1.807) is 24.3 Å². The Morgan fingerprint density at radius 3 is 2.76 bits per heavy atom. The number of aryl methyl sites for hydroxylation is 1. The molecule has 0 bridgehead atoms. The first kappa shape index (κ1) is 16.0. The SMILES string of the molecule is Cc1ccc(Cl)c(NCC(O)COc2cccc(Cl)c2)c1. The maximum absolute atomic E-state index is 9.94. The average molecular weight is 326 g/mol. The summed E-state index contributed by atoms with van der Waals surface area (Å²) in [5.41, 5.74) is 1.91. The summed E-state index contributed by atoms with van der Waals surface area (Å²) in [4.78, 5) is 0. The normalized spacial score (nSPS) is 12.0. The molecule has 0 saturated carbocycles. The van der Waals surface area contributed by atoms with Gasteiger partial charge in [0.15, 0.2) is 0 Å². The van der Waals surface area contributed by atoms with Crippen LogP contribution in [0.3, 0.4) is 0 Å². The Balaban J connectivity index is 1.82. The molecule has 1 atom stereocenters. The van der Waals surface area contributed by atoms with Gasteiger partial charge in [-0.1, -0.05) is 35.3 Å². The fourth-order valence-electron chi connectivity index (χ4n) is 1.81. The molecule has 0 radical (unpaired) electrons. The molecule has 0 aliphatic rings. The van der Waals surface area contributed by atoms with Crippen LogP contribution < -0.4 is 10.1 Å². The molecule has 2 aromatic rings. The lowest BCUT2D eigenvalue weighted by Crippen LogP contribution is -2.26. The molecule has 0 amide bonds. The van der Waals surface area contributed by atoms with E-state index in [-0.39, 0.29) is 6.61 Å². The van der Waals surface area contributed by atoms with Crippen LogP contribution in [0.2, 0.25) is 10.0 Å². The van der Waals surface area contributed by atoms with E-state index in [1.807, 2.05) is 25.1 Å². The summed E-state index contributed by atoms with van der Waals surface area (Å²) in [5, 5.41) is 14.3. The van der Waals surface area contributed by atoms with Gasteiger partial charge >= 0.3 is 0 Å². The zero-order chi connectivity index (χ0) is 15.2. The molecule has 0 heterocycles. The van der Waals surface area contributed by atoms with Crippen molar-refractivity contribution in [2.24, 2.45) is 0 Å². The van der Waals surface area contributed by atoms with Crippen LogP contribution in [0.1, 0.15) is 5.56 Å². The number of benzene rings is 2. The highest BCUT2D eigenvalue weighted by Gasteiger charge is 2.07. The molecule has 2 N–H and O–H groups in total. The molecule has 0 spiro atoms. The number of aliphatic hydroxyl groups is 1. The lowest BCUT2D eigenvalue weighted by Gasteiger charge is -2.15. The molecule has 0 aliphatic carbocycles. The second kappa shape index (κ2) is 7.55. The van der Waals surface area contributed by atoms with Crippen LogP contribution in [-0.4, -0.2) is 24.4 Å². The van der Waals surface area contributed by atoms with Crippen molar-refractivity contribution < 1.29 is 9.84 Å². The van der Waals surface area contributed by atoms with Gasteiger partial charge in [-0.3, -0.25) is 0 Å². The van der Waals surface area contributed by atoms with Crippen molar-refractivity contribution in [1.82, 2.24) is 0 Å². The lowest BCUT2D eigenvalue weighted by atomic mass is 10.2. The molecule has 0 aliphatic heterocycles. The van der Waals surface area contributed by atoms with Gasteiger partial charge in [0.1, 0.15) is 18.5 Å². The Labute approximate surface area is 134 Å². The molecule has 5 heteroatoms. The smallest absolute Gasteiger partial charge is 0.120 e. The Morgan fingerprint density at radius 1 is 1.19 bits per heavy atom. The van der Waals surface area contributed by atoms with Crippen LogP contribution in [0, 0.1) is 6.92 Å². The Morgan fingerprint density at radius 2 is 2.00 bits per heavy atom. The maximum Gasteiger partial charge on any atom is 0.120 e. The first-order chi connectivity index (χ1) is 10.0. The fraction of sp³-hybridized carbons (Fsp3) is 0.250. The molecule has 0 aromatic heterocycles. The van der Waals surface area contributed by atoms with E-state index in [0.29, 0.717) is 22.3 Å². The monoisotopic (exact) mass is 325 g/mol. The van der Waals surface area contributed by atoms with Crippen molar-refractivity contribution in [2.75, 3.05) is 18.5 Å². The third kappa shape index (κ3) is 5.12. The van der Waals surface area contributed by atoms with Gasteiger partial charge in [0.25, 0.3) is 0 Å². The molecular weight excluding hydrogens is 309 g/mol. The molecule has 0 fully saturated rings. The van der Waals surface area contributed by atoms with Crippen LogP contribution in [0.15, 0.2) is 42.5 Å². The summed E-state index contributed by atoms with van der Waals surface area (Å²) in [7, 11) is 0. The van der Waals surface area contributed by atoms with Gasteiger partial charge in [0, 0.05) is 11.6 Å². The molecule has 21 heavy (non-hydrogen) atoms. The number of ether oxygens (including phenoxy) is 1. The lowest BCUT2D eigenvalue weighted by molar-refractivity contribution is 0.117. The molecule has 2 aromatic carbocycles. The predicted octanol–water partition coefficient (Wildman–Crippen LogP) is 4.15. The summed E-state index contributed by atoms with van der Waals surface area (Å²) < 4.78 is 5.48. The largest absolute Gasteiger partial charge is 0.491 e. The molecule has 112 valence electrons. The number of rotatable bonds is 6. The number of aliphatic hydroxyl groups excluding tert-OH is 1. The van der Waals surface area contributed by atoms with Crippen LogP contribution in [-0.2, 0) is 0 Å². The second-order valence-electron chi connectivity index (χ2n) is 4.79. The first-order valence-electron chi connectivity index (χ1n) is 6.61. The van der Waals surface area contributed by atoms with Crippen molar-refractivity contribution in [3.63, 3.8) is 0 Å². The summed E-state index contributed by atoms with van der Waals surface area (Å²) >= 11 is 11.9. The molecular formula is C16H17Cl2NO2. The van der Waals surface area contributed by atoms with Crippen molar-refractivity contribution in [3.8, 4) is 5.75 Å². The number of halogens is 2. The highest BCUT2D eigenvalue weighted by Crippen LogP contribution is 2.22. The average Bonchev–Trinajstić information content (AvgIpc) is 2.46. The fourth-order valence-corrected chi connectivity index (χ4v) is 2.18. The van der Waals surface area contributed by atoms with Gasteiger partial charge in [-0.2, -0.15) is 0 Å². The maximum atomic E-state index is 9.94. The number of hydrogen-bond donors (Lipinski definition) is 2. The topological polar surface area (TPSA) is 41.5 Å². The number of hydrogen-bond acceptors (Lipinski definition) is 3. The minimum atomic E-state index is -0.652. The minimum Gasteiger partial charge on any atom is -0.491 e. The van der Waals surface area contributed by atoms with Crippen molar-refractivity contribution in [1.29, 1.82) is 0 Å². The molecule has 0 saturated heterocycles.